The normalized spacial score (nSPS) is 22.1. The van der Waals surface area contributed by atoms with E-state index in [1.54, 1.807) is 12.4 Å². The summed E-state index contributed by atoms with van der Waals surface area (Å²) in [6, 6.07) is 5.46. The van der Waals surface area contributed by atoms with Crippen molar-refractivity contribution in [2.75, 3.05) is 12.3 Å². The van der Waals surface area contributed by atoms with Crippen LogP contribution in [0.4, 0.5) is 5.82 Å². The lowest BCUT2D eigenvalue weighted by Crippen LogP contribution is -2.05. The van der Waals surface area contributed by atoms with Crippen LogP contribution in [-0.2, 0) is 6.54 Å². The standard InChI is InChI=1S/C12H15N5O/c13-11-3-1-2-10(15-11)12-16-14-7-17(12)5-8-4-9(8)6-18/h1-3,7-9,18H,4-6H2,(H2,13,15)/t8-,9?/m0/s1. The molecule has 1 aliphatic carbocycles. The number of rotatable bonds is 4. The summed E-state index contributed by atoms with van der Waals surface area (Å²) in [6.45, 7) is 1.09. The first-order valence-corrected chi connectivity index (χ1v) is 5.99. The molecule has 6 nitrogen and oxygen atoms in total. The summed E-state index contributed by atoms with van der Waals surface area (Å²) in [7, 11) is 0. The highest BCUT2D eigenvalue weighted by Crippen LogP contribution is 2.39. The van der Waals surface area contributed by atoms with Crippen molar-refractivity contribution in [3.05, 3.63) is 24.5 Å². The van der Waals surface area contributed by atoms with E-state index in [2.05, 4.69) is 15.2 Å². The van der Waals surface area contributed by atoms with Crippen LogP contribution in [0.15, 0.2) is 24.5 Å². The quantitative estimate of drug-likeness (QED) is 0.821. The van der Waals surface area contributed by atoms with E-state index in [9.17, 15) is 0 Å². The molecule has 1 aliphatic rings. The molecule has 2 aromatic heterocycles. The fourth-order valence-corrected chi connectivity index (χ4v) is 2.17. The van der Waals surface area contributed by atoms with E-state index in [-0.39, 0.29) is 6.61 Å². The van der Waals surface area contributed by atoms with E-state index in [1.165, 1.54) is 0 Å². The third-order valence-electron chi connectivity index (χ3n) is 3.35. The summed E-state index contributed by atoms with van der Waals surface area (Å²) in [5.41, 5.74) is 6.40. The molecule has 2 atom stereocenters. The van der Waals surface area contributed by atoms with Crippen molar-refractivity contribution < 1.29 is 5.11 Å². The van der Waals surface area contributed by atoms with E-state index in [1.807, 2.05) is 16.7 Å². The molecule has 3 N–H and O–H groups in total. The first kappa shape index (κ1) is 11.2. The lowest BCUT2D eigenvalue weighted by atomic mass is 10.3. The molecule has 94 valence electrons. The molecule has 0 saturated heterocycles. The van der Waals surface area contributed by atoms with Crippen molar-refractivity contribution in [2.24, 2.45) is 11.8 Å². The molecule has 0 amide bonds. The van der Waals surface area contributed by atoms with Gasteiger partial charge in [-0.1, -0.05) is 6.07 Å². The molecule has 1 unspecified atom stereocenters. The van der Waals surface area contributed by atoms with E-state index < -0.39 is 0 Å². The maximum absolute atomic E-state index is 9.06. The Hall–Kier alpha value is -1.95. The van der Waals surface area contributed by atoms with E-state index in [0.29, 0.717) is 17.7 Å². The average molecular weight is 245 g/mol. The molecule has 0 bridgehead atoms. The van der Waals surface area contributed by atoms with Crippen LogP contribution in [-0.4, -0.2) is 31.5 Å². The molecule has 1 saturated carbocycles. The van der Waals surface area contributed by atoms with Crippen LogP contribution in [0.25, 0.3) is 11.5 Å². The van der Waals surface area contributed by atoms with Gasteiger partial charge < -0.3 is 15.4 Å². The summed E-state index contributed by atoms with van der Waals surface area (Å²) >= 11 is 0. The number of aliphatic hydroxyl groups is 1. The van der Waals surface area contributed by atoms with Crippen LogP contribution in [0, 0.1) is 11.8 Å². The monoisotopic (exact) mass is 245 g/mol. The second-order valence-electron chi connectivity index (χ2n) is 4.69. The third-order valence-corrected chi connectivity index (χ3v) is 3.35. The number of hydrogen-bond acceptors (Lipinski definition) is 5. The summed E-state index contributed by atoms with van der Waals surface area (Å²) in [4.78, 5) is 4.25. The molecular weight excluding hydrogens is 230 g/mol. The van der Waals surface area contributed by atoms with Gasteiger partial charge in [-0.25, -0.2) is 4.98 Å². The number of pyridine rings is 1. The lowest BCUT2D eigenvalue weighted by molar-refractivity contribution is 0.266. The third kappa shape index (κ3) is 2.06. The molecule has 6 heteroatoms. The summed E-state index contributed by atoms with van der Waals surface area (Å²) < 4.78 is 1.97. The minimum Gasteiger partial charge on any atom is -0.396 e. The summed E-state index contributed by atoms with van der Waals surface area (Å²) in [5, 5.41) is 17.1. The molecule has 2 aromatic rings. The van der Waals surface area contributed by atoms with Crippen LogP contribution in [0.5, 0.6) is 0 Å². The maximum Gasteiger partial charge on any atom is 0.182 e. The van der Waals surface area contributed by atoms with Gasteiger partial charge in [-0.3, -0.25) is 0 Å². The molecule has 0 aliphatic heterocycles. The number of aliphatic hydroxyl groups excluding tert-OH is 1. The highest BCUT2D eigenvalue weighted by molar-refractivity contribution is 5.52. The van der Waals surface area contributed by atoms with Crippen molar-refractivity contribution in [3.63, 3.8) is 0 Å². The maximum atomic E-state index is 9.06. The Morgan fingerprint density at radius 1 is 1.39 bits per heavy atom. The number of nitrogens with two attached hydrogens (primary N) is 1. The predicted octanol–water partition coefficient (Wildman–Crippen LogP) is 0.551. The Morgan fingerprint density at radius 3 is 3.00 bits per heavy atom. The van der Waals surface area contributed by atoms with Gasteiger partial charge >= 0.3 is 0 Å². The SMILES string of the molecule is Nc1cccc(-c2nncn2C[C@@H]2CC2CO)n1. The zero-order valence-electron chi connectivity index (χ0n) is 9.90. The minimum absolute atomic E-state index is 0.263. The van der Waals surface area contributed by atoms with E-state index in [0.717, 1.165) is 24.5 Å². The van der Waals surface area contributed by atoms with Gasteiger partial charge in [0.25, 0.3) is 0 Å². The Kier molecular flexibility index (Phi) is 2.71. The van der Waals surface area contributed by atoms with Crippen LogP contribution in [0.3, 0.4) is 0 Å². The highest BCUT2D eigenvalue weighted by atomic mass is 16.3. The second kappa shape index (κ2) is 4.38. The van der Waals surface area contributed by atoms with Crippen molar-refractivity contribution in [2.45, 2.75) is 13.0 Å². The van der Waals surface area contributed by atoms with Crippen LogP contribution < -0.4 is 5.73 Å². The van der Waals surface area contributed by atoms with Gasteiger partial charge in [0.05, 0.1) is 0 Å². The minimum atomic E-state index is 0.263. The number of nitrogen functional groups attached to an aromatic ring is 1. The molecule has 3 rings (SSSR count). The van der Waals surface area contributed by atoms with Gasteiger partial charge in [-0.15, -0.1) is 10.2 Å². The second-order valence-corrected chi connectivity index (χ2v) is 4.69. The fraction of sp³-hybridized carbons (Fsp3) is 0.417. The Morgan fingerprint density at radius 2 is 2.28 bits per heavy atom. The molecular formula is C12H15N5O. The molecule has 0 aromatic carbocycles. The van der Waals surface area contributed by atoms with Crippen LogP contribution >= 0.6 is 0 Å². The van der Waals surface area contributed by atoms with Crippen LogP contribution in [0.2, 0.25) is 0 Å². The number of nitrogens with zero attached hydrogens (tertiary/aromatic N) is 4. The van der Waals surface area contributed by atoms with Gasteiger partial charge in [-0.05, 0) is 30.4 Å². The van der Waals surface area contributed by atoms with Crippen molar-refractivity contribution in [1.29, 1.82) is 0 Å². The Balaban J connectivity index is 1.83. The lowest BCUT2D eigenvalue weighted by Gasteiger charge is -2.05. The first-order chi connectivity index (χ1) is 8.78. The molecule has 0 spiro atoms. The summed E-state index contributed by atoms with van der Waals surface area (Å²) in [5.74, 6) is 2.15. The number of hydrogen-bond donors (Lipinski definition) is 2. The molecule has 1 fully saturated rings. The van der Waals surface area contributed by atoms with Gasteiger partial charge in [0.1, 0.15) is 17.8 Å². The zero-order valence-corrected chi connectivity index (χ0v) is 9.90. The van der Waals surface area contributed by atoms with E-state index in [4.69, 9.17) is 10.8 Å². The van der Waals surface area contributed by atoms with E-state index >= 15 is 0 Å². The zero-order chi connectivity index (χ0) is 12.5. The number of anilines is 1. The molecule has 0 radical (unpaired) electrons. The predicted molar refractivity (Wildman–Crippen MR) is 66.3 cm³/mol. The fourth-order valence-electron chi connectivity index (χ4n) is 2.17. The Labute approximate surface area is 104 Å². The Bertz CT molecular complexity index is 553. The summed E-state index contributed by atoms with van der Waals surface area (Å²) in [6.07, 6.45) is 2.77. The van der Waals surface area contributed by atoms with Gasteiger partial charge in [0, 0.05) is 13.2 Å². The van der Waals surface area contributed by atoms with Gasteiger partial charge in [-0.2, -0.15) is 0 Å². The topological polar surface area (TPSA) is 89.8 Å². The van der Waals surface area contributed by atoms with Crippen molar-refractivity contribution >= 4 is 5.82 Å². The van der Waals surface area contributed by atoms with Crippen molar-refractivity contribution in [3.8, 4) is 11.5 Å². The van der Waals surface area contributed by atoms with Crippen LogP contribution in [0.1, 0.15) is 6.42 Å². The van der Waals surface area contributed by atoms with Crippen molar-refractivity contribution in [1.82, 2.24) is 19.7 Å². The van der Waals surface area contributed by atoms with Gasteiger partial charge in [0.2, 0.25) is 0 Å². The average Bonchev–Trinajstić information content (AvgIpc) is 2.95. The largest absolute Gasteiger partial charge is 0.396 e. The first-order valence-electron chi connectivity index (χ1n) is 5.99. The molecule has 2 heterocycles. The molecule has 18 heavy (non-hydrogen) atoms. The highest BCUT2D eigenvalue weighted by Gasteiger charge is 2.36. The van der Waals surface area contributed by atoms with Gasteiger partial charge in [0.15, 0.2) is 5.82 Å². The number of aromatic nitrogens is 4. The smallest absolute Gasteiger partial charge is 0.182 e.